The molecule has 1 fully saturated rings. The lowest BCUT2D eigenvalue weighted by Gasteiger charge is -2.37. The number of benzene rings is 1. The van der Waals surface area contributed by atoms with Crippen LogP contribution in [0.15, 0.2) is 47.1 Å². The van der Waals surface area contributed by atoms with Gasteiger partial charge in [-0.3, -0.25) is 9.59 Å². The monoisotopic (exact) mass is 340 g/mol. The fourth-order valence-electron chi connectivity index (χ4n) is 3.29. The first-order valence-electron chi connectivity index (χ1n) is 8.72. The van der Waals surface area contributed by atoms with Crippen molar-refractivity contribution in [2.45, 2.75) is 39.3 Å². The molecular weight excluding hydrogens is 316 g/mol. The van der Waals surface area contributed by atoms with Gasteiger partial charge in [-0.15, -0.1) is 0 Å². The summed E-state index contributed by atoms with van der Waals surface area (Å²) in [4.78, 5) is 25.9. The Bertz CT molecular complexity index is 722. The maximum Gasteiger partial charge on any atom is 0.254 e. The summed E-state index contributed by atoms with van der Waals surface area (Å²) in [6.45, 7) is 4.91. The van der Waals surface area contributed by atoms with Gasteiger partial charge in [-0.2, -0.15) is 0 Å². The van der Waals surface area contributed by atoms with E-state index in [0.717, 1.165) is 30.7 Å². The minimum absolute atomic E-state index is 0.00898. The Morgan fingerprint density at radius 1 is 1.24 bits per heavy atom. The van der Waals surface area contributed by atoms with Crippen LogP contribution < -0.4 is 5.32 Å². The Morgan fingerprint density at radius 2 is 2.00 bits per heavy atom. The van der Waals surface area contributed by atoms with Crippen LogP contribution in [0.1, 0.15) is 54.4 Å². The smallest absolute Gasteiger partial charge is 0.254 e. The Labute approximate surface area is 148 Å². The Morgan fingerprint density at radius 3 is 2.64 bits per heavy atom. The maximum atomic E-state index is 13.0. The Hall–Kier alpha value is -2.56. The van der Waals surface area contributed by atoms with Crippen molar-refractivity contribution >= 4 is 11.8 Å². The Kier molecular flexibility index (Phi) is 5.22. The molecule has 2 atom stereocenters. The SMILES string of the molecule is CC(=O)NCc1ccc(C(=O)N2CC[C@H](C)C[C@@H]2c2ccco2)cc1. The van der Waals surface area contributed by atoms with Gasteiger partial charge in [0.2, 0.25) is 5.91 Å². The van der Waals surface area contributed by atoms with Crippen molar-refractivity contribution in [2.75, 3.05) is 6.54 Å². The molecule has 3 rings (SSSR count). The molecular formula is C20H24N2O3. The molecule has 1 N–H and O–H groups in total. The van der Waals surface area contributed by atoms with E-state index in [1.807, 2.05) is 41.3 Å². The zero-order chi connectivity index (χ0) is 17.8. The zero-order valence-corrected chi connectivity index (χ0v) is 14.7. The molecule has 1 aromatic heterocycles. The topological polar surface area (TPSA) is 62.6 Å². The van der Waals surface area contributed by atoms with Gasteiger partial charge in [0.1, 0.15) is 5.76 Å². The fourth-order valence-corrected chi connectivity index (χ4v) is 3.29. The summed E-state index contributed by atoms with van der Waals surface area (Å²) in [6, 6.07) is 11.2. The highest BCUT2D eigenvalue weighted by molar-refractivity contribution is 5.94. The van der Waals surface area contributed by atoms with Crippen LogP contribution in [0.5, 0.6) is 0 Å². The number of furan rings is 1. The second kappa shape index (κ2) is 7.55. The molecule has 0 radical (unpaired) electrons. The lowest BCUT2D eigenvalue weighted by atomic mass is 9.90. The highest BCUT2D eigenvalue weighted by Gasteiger charge is 2.33. The van der Waals surface area contributed by atoms with Crippen LogP contribution >= 0.6 is 0 Å². The van der Waals surface area contributed by atoms with E-state index in [0.29, 0.717) is 18.0 Å². The third-order valence-electron chi connectivity index (χ3n) is 4.74. The number of piperidine rings is 1. The summed E-state index contributed by atoms with van der Waals surface area (Å²) < 4.78 is 5.58. The van der Waals surface area contributed by atoms with Crippen LogP contribution in [-0.2, 0) is 11.3 Å². The minimum atomic E-state index is -0.0659. The van der Waals surface area contributed by atoms with Crippen molar-refractivity contribution in [1.82, 2.24) is 10.2 Å². The van der Waals surface area contributed by atoms with Crippen molar-refractivity contribution in [3.05, 3.63) is 59.5 Å². The molecule has 132 valence electrons. The van der Waals surface area contributed by atoms with Crippen molar-refractivity contribution in [3.8, 4) is 0 Å². The number of carbonyl (C=O) groups excluding carboxylic acids is 2. The molecule has 0 bridgehead atoms. The molecule has 0 saturated carbocycles. The molecule has 0 aliphatic carbocycles. The second-order valence-corrected chi connectivity index (χ2v) is 6.77. The van der Waals surface area contributed by atoms with E-state index >= 15 is 0 Å². The average molecular weight is 340 g/mol. The summed E-state index contributed by atoms with van der Waals surface area (Å²) in [5.74, 6) is 1.38. The van der Waals surface area contributed by atoms with Crippen molar-refractivity contribution < 1.29 is 14.0 Å². The average Bonchev–Trinajstić information content (AvgIpc) is 3.14. The van der Waals surface area contributed by atoms with Crippen LogP contribution in [0, 0.1) is 5.92 Å². The summed E-state index contributed by atoms with van der Waals surface area (Å²) in [7, 11) is 0. The second-order valence-electron chi connectivity index (χ2n) is 6.77. The molecule has 0 spiro atoms. The normalized spacial score (nSPS) is 20.3. The lowest BCUT2D eigenvalue weighted by Crippen LogP contribution is -2.40. The van der Waals surface area contributed by atoms with Gasteiger partial charge in [0.05, 0.1) is 12.3 Å². The molecule has 1 aromatic carbocycles. The molecule has 5 heteroatoms. The van der Waals surface area contributed by atoms with Crippen LogP contribution in [0.25, 0.3) is 0 Å². The number of hydrogen-bond acceptors (Lipinski definition) is 3. The number of hydrogen-bond donors (Lipinski definition) is 1. The van der Waals surface area contributed by atoms with Crippen molar-refractivity contribution in [3.63, 3.8) is 0 Å². The number of nitrogens with zero attached hydrogens (tertiary/aromatic N) is 1. The quantitative estimate of drug-likeness (QED) is 0.926. The first-order chi connectivity index (χ1) is 12.0. The molecule has 2 amide bonds. The molecule has 25 heavy (non-hydrogen) atoms. The fraction of sp³-hybridized carbons (Fsp3) is 0.400. The Balaban J connectivity index is 1.75. The van der Waals surface area contributed by atoms with E-state index in [4.69, 9.17) is 4.42 Å². The summed E-state index contributed by atoms with van der Waals surface area (Å²) in [5, 5.41) is 2.76. The van der Waals surface area contributed by atoms with Crippen molar-refractivity contribution in [2.24, 2.45) is 5.92 Å². The number of carbonyl (C=O) groups is 2. The highest BCUT2D eigenvalue weighted by Crippen LogP contribution is 2.35. The van der Waals surface area contributed by atoms with E-state index in [-0.39, 0.29) is 17.9 Å². The predicted molar refractivity (Wildman–Crippen MR) is 94.8 cm³/mol. The van der Waals surface area contributed by atoms with E-state index in [9.17, 15) is 9.59 Å². The molecule has 2 aromatic rings. The third-order valence-corrected chi connectivity index (χ3v) is 4.74. The third kappa shape index (κ3) is 4.10. The number of likely N-dealkylation sites (tertiary alicyclic amines) is 1. The van der Waals surface area contributed by atoms with Crippen LogP contribution in [0.3, 0.4) is 0 Å². The summed E-state index contributed by atoms with van der Waals surface area (Å²) in [6.07, 6.45) is 3.58. The van der Waals surface area contributed by atoms with Gasteiger partial charge in [0.25, 0.3) is 5.91 Å². The van der Waals surface area contributed by atoms with Crippen molar-refractivity contribution in [1.29, 1.82) is 0 Å². The standard InChI is InChI=1S/C20H24N2O3/c1-14-9-10-22(18(12-14)19-4-3-11-25-19)20(24)17-7-5-16(6-8-17)13-21-15(2)23/h3-8,11,14,18H,9-10,12-13H2,1-2H3,(H,21,23)/t14-,18+/m0/s1. The van der Waals surface area contributed by atoms with Crippen LogP contribution in [-0.4, -0.2) is 23.3 Å². The van der Waals surface area contributed by atoms with Gasteiger partial charge >= 0.3 is 0 Å². The highest BCUT2D eigenvalue weighted by atomic mass is 16.3. The number of nitrogens with one attached hydrogen (secondary N) is 1. The molecule has 2 heterocycles. The molecule has 5 nitrogen and oxygen atoms in total. The van der Waals surface area contributed by atoms with Gasteiger partial charge in [-0.25, -0.2) is 0 Å². The van der Waals surface area contributed by atoms with Gasteiger partial charge in [0.15, 0.2) is 0 Å². The van der Waals surface area contributed by atoms with Gasteiger partial charge in [-0.05, 0) is 48.6 Å². The number of rotatable bonds is 4. The maximum absolute atomic E-state index is 13.0. The molecule has 1 aliphatic heterocycles. The van der Waals surface area contributed by atoms with E-state index in [1.54, 1.807) is 6.26 Å². The van der Waals surface area contributed by atoms with Gasteiger partial charge < -0.3 is 14.6 Å². The van der Waals surface area contributed by atoms with Gasteiger partial charge in [-0.1, -0.05) is 19.1 Å². The minimum Gasteiger partial charge on any atom is -0.467 e. The molecule has 1 saturated heterocycles. The molecule has 1 aliphatic rings. The molecule has 0 unspecified atom stereocenters. The predicted octanol–water partition coefficient (Wildman–Crippen LogP) is 3.53. The first kappa shape index (κ1) is 17.3. The van der Waals surface area contributed by atoms with E-state index < -0.39 is 0 Å². The number of amides is 2. The van der Waals surface area contributed by atoms with Crippen LogP contribution in [0.4, 0.5) is 0 Å². The lowest BCUT2D eigenvalue weighted by molar-refractivity contribution is -0.119. The zero-order valence-electron chi connectivity index (χ0n) is 14.7. The first-order valence-corrected chi connectivity index (χ1v) is 8.72. The van der Waals surface area contributed by atoms with E-state index in [1.165, 1.54) is 6.92 Å². The largest absolute Gasteiger partial charge is 0.467 e. The van der Waals surface area contributed by atoms with Crippen LogP contribution in [0.2, 0.25) is 0 Å². The summed E-state index contributed by atoms with van der Waals surface area (Å²) in [5.41, 5.74) is 1.64. The van der Waals surface area contributed by atoms with Gasteiger partial charge in [0, 0.05) is 25.6 Å². The van der Waals surface area contributed by atoms with E-state index in [2.05, 4.69) is 12.2 Å². The summed E-state index contributed by atoms with van der Waals surface area (Å²) >= 11 is 0.